The molecule has 188 valence electrons. The fraction of sp³-hybridized carbons (Fsp3) is 0.207. The van der Waals surface area contributed by atoms with E-state index in [1.165, 1.54) is 10.7 Å². The van der Waals surface area contributed by atoms with Crippen LogP contribution in [-0.4, -0.2) is 26.9 Å². The number of rotatable bonds is 7. The molecule has 0 bridgehead atoms. The molecule has 4 aromatic rings. The van der Waals surface area contributed by atoms with E-state index in [1.807, 2.05) is 30.3 Å². The molecule has 1 aliphatic carbocycles. The van der Waals surface area contributed by atoms with Gasteiger partial charge in [0.25, 0.3) is 0 Å². The molecule has 0 saturated heterocycles. The predicted octanol–water partition coefficient (Wildman–Crippen LogP) is 6.32. The van der Waals surface area contributed by atoms with Crippen molar-refractivity contribution in [2.45, 2.75) is 31.3 Å². The zero-order chi connectivity index (χ0) is 26.2. The minimum Gasteiger partial charge on any atom is -0.481 e. The molecule has 7 nitrogen and oxygen atoms in total. The highest BCUT2D eigenvalue weighted by Crippen LogP contribution is 2.48. The van der Waals surface area contributed by atoms with E-state index >= 15 is 4.39 Å². The van der Waals surface area contributed by atoms with Crippen LogP contribution in [0.1, 0.15) is 37.0 Å². The van der Waals surface area contributed by atoms with Crippen LogP contribution in [0.2, 0.25) is 0 Å². The molecule has 1 heterocycles. The van der Waals surface area contributed by atoms with Gasteiger partial charge in [-0.05, 0) is 48.1 Å². The Morgan fingerprint density at radius 2 is 1.70 bits per heavy atom. The molecular formula is C29H26FN3O4. The van der Waals surface area contributed by atoms with Crippen LogP contribution >= 0.6 is 0 Å². The highest BCUT2D eigenvalue weighted by Gasteiger charge is 2.51. The van der Waals surface area contributed by atoms with Crippen LogP contribution in [0.5, 0.6) is 0 Å². The molecular weight excluding hydrogens is 473 g/mol. The van der Waals surface area contributed by atoms with Crippen LogP contribution in [0.4, 0.5) is 15.0 Å². The summed E-state index contributed by atoms with van der Waals surface area (Å²) in [7, 11) is 1.68. The Kier molecular flexibility index (Phi) is 6.25. The molecule has 0 spiro atoms. The molecule has 8 heteroatoms. The maximum absolute atomic E-state index is 15.2. The van der Waals surface area contributed by atoms with Crippen molar-refractivity contribution in [3.8, 4) is 22.3 Å². The molecule has 37 heavy (non-hydrogen) atoms. The summed E-state index contributed by atoms with van der Waals surface area (Å²) in [4.78, 5) is 24.2. The van der Waals surface area contributed by atoms with E-state index in [0.29, 0.717) is 40.9 Å². The number of ether oxygens (including phenoxy) is 1. The summed E-state index contributed by atoms with van der Waals surface area (Å²) in [5.74, 6) is -0.889. The highest BCUT2D eigenvalue weighted by atomic mass is 19.1. The Hall–Kier alpha value is -4.46. The molecule has 1 saturated carbocycles. The monoisotopic (exact) mass is 499 g/mol. The first kappa shape index (κ1) is 24.2. The fourth-order valence-electron chi connectivity index (χ4n) is 4.51. The highest BCUT2D eigenvalue weighted by molar-refractivity contribution is 5.90. The Balaban J connectivity index is 1.34. The minimum absolute atomic E-state index is 0.380. The van der Waals surface area contributed by atoms with Crippen molar-refractivity contribution in [3.63, 3.8) is 0 Å². The van der Waals surface area contributed by atoms with Gasteiger partial charge in [0.15, 0.2) is 0 Å². The molecule has 1 unspecified atom stereocenters. The average molecular weight is 500 g/mol. The standard InChI is InChI=1S/C29H26FN3O4/c1-18(19-6-4-3-5-7-19)37-28(36)32-26-24(17-31-33(26)2)21-10-13-23(25(30)16-21)20-8-11-22(12-9-20)29(14-15-29)27(34)35/h3-13,16-18H,14-15H2,1-2H3,(H,32,36)(H,34,35). The number of aliphatic carboxylic acids is 1. The number of anilines is 1. The second-order valence-corrected chi connectivity index (χ2v) is 9.27. The number of carboxylic acids is 1. The molecule has 0 radical (unpaired) electrons. The van der Waals surface area contributed by atoms with Gasteiger partial charge in [0.05, 0.1) is 11.6 Å². The second-order valence-electron chi connectivity index (χ2n) is 9.27. The van der Waals surface area contributed by atoms with Crippen molar-refractivity contribution in [2.75, 3.05) is 5.32 Å². The van der Waals surface area contributed by atoms with Gasteiger partial charge >= 0.3 is 12.1 Å². The molecule has 1 fully saturated rings. The Labute approximate surface area is 213 Å². The van der Waals surface area contributed by atoms with Crippen LogP contribution in [0.15, 0.2) is 79.0 Å². The van der Waals surface area contributed by atoms with Crippen LogP contribution in [-0.2, 0) is 22.0 Å². The van der Waals surface area contributed by atoms with Gasteiger partial charge in [-0.25, -0.2) is 9.18 Å². The number of nitrogens with one attached hydrogen (secondary N) is 1. The fourth-order valence-corrected chi connectivity index (χ4v) is 4.51. The van der Waals surface area contributed by atoms with E-state index in [9.17, 15) is 14.7 Å². The summed E-state index contributed by atoms with van der Waals surface area (Å²) in [6, 6.07) is 21.2. The molecule has 1 atom stereocenters. The summed E-state index contributed by atoms with van der Waals surface area (Å²) in [6.07, 6.45) is 1.69. The predicted molar refractivity (Wildman–Crippen MR) is 138 cm³/mol. The molecule has 1 amide bonds. The number of amides is 1. The van der Waals surface area contributed by atoms with Crippen molar-refractivity contribution >= 4 is 17.9 Å². The summed E-state index contributed by atoms with van der Waals surface area (Å²) in [6.45, 7) is 1.78. The van der Waals surface area contributed by atoms with Crippen molar-refractivity contribution in [1.82, 2.24) is 9.78 Å². The largest absolute Gasteiger partial charge is 0.481 e. The number of hydrogen-bond acceptors (Lipinski definition) is 4. The van der Waals surface area contributed by atoms with Crippen LogP contribution in [0.25, 0.3) is 22.3 Å². The SMILES string of the molecule is CC(OC(=O)Nc1c(-c2ccc(-c3ccc(C4(C(=O)O)CC4)cc3)c(F)c2)cnn1C)c1ccccc1. The molecule has 1 aromatic heterocycles. The van der Waals surface area contributed by atoms with Crippen LogP contribution in [0.3, 0.4) is 0 Å². The number of hydrogen-bond donors (Lipinski definition) is 2. The first-order valence-corrected chi connectivity index (χ1v) is 12.0. The number of benzene rings is 3. The number of carboxylic acid groups (broad SMARTS) is 1. The van der Waals surface area contributed by atoms with Gasteiger partial charge < -0.3 is 9.84 Å². The maximum Gasteiger partial charge on any atom is 0.413 e. The molecule has 0 aliphatic heterocycles. The molecule has 1 aliphatic rings. The third-order valence-corrected chi connectivity index (χ3v) is 6.90. The lowest BCUT2D eigenvalue weighted by molar-refractivity contribution is -0.140. The van der Waals surface area contributed by atoms with Gasteiger partial charge in [0.2, 0.25) is 0 Å². The van der Waals surface area contributed by atoms with E-state index < -0.39 is 29.4 Å². The number of aryl methyl sites for hydroxylation is 1. The van der Waals surface area contributed by atoms with Gasteiger partial charge in [0, 0.05) is 18.2 Å². The van der Waals surface area contributed by atoms with E-state index in [4.69, 9.17) is 4.74 Å². The molecule has 3 aromatic carbocycles. The van der Waals surface area contributed by atoms with Gasteiger partial charge in [-0.3, -0.25) is 14.8 Å². The molecule has 2 N–H and O–H groups in total. The Bertz CT molecular complexity index is 1460. The molecule has 5 rings (SSSR count). The van der Waals surface area contributed by atoms with Gasteiger partial charge in [0.1, 0.15) is 17.7 Å². The zero-order valence-electron chi connectivity index (χ0n) is 20.4. The topological polar surface area (TPSA) is 93.4 Å². The first-order valence-electron chi connectivity index (χ1n) is 12.0. The van der Waals surface area contributed by atoms with Crippen molar-refractivity contribution in [3.05, 3.63) is 95.9 Å². The number of carbonyl (C=O) groups is 2. The normalized spacial score (nSPS) is 14.6. The minimum atomic E-state index is -0.824. The number of aromatic nitrogens is 2. The van der Waals surface area contributed by atoms with Crippen LogP contribution in [0, 0.1) is 5.82 Å². The summed E-state index contributed by atoms with van der Waals surface area (Å²) >= 11 is 0. The van der Waals surface area contributed by atoms with E-state index in [2.05, 4.69) is 10.4 Å². The van der Waals surface area contributed by atoms with Crippen molar-refractivity contribution in [1.29, 1.82) is 0 Å². The third-order valence-electron chi connectivity index (χ3n) is 6.90. The van der Waals surface area contributed by atoms with Crippen molar-refractivity contribution < 1.29 is 23.8 Å². The number of nitrogens with zero attached hydrogens (tertiary/aromatic N) is 2. The second kappa shape index (κ2) is 9.54. The average Bonchev–Trinajstić information content (AvgIpc) is 3.64. The maximum atomic E-state index is 15.2. The quantitative estimate of drug-likeness (QED) is 0.310. The van der Waals surface area contributed by atoms with Gasteiger partial charge in [-0.15, -0.1) is 0 Å². The first-order chi connectivity index (χ1) is 17.8. The lowest BCUT2D eigenvalue weighted by Crippen LogP contribution is -2.19. The Morgan fingerprint density at radius 3 is 2.32 bits per heavy atom. The van der Waals surface area contributed by atoms with E-state index in [-0.39, 0.29) is 0 Å². The lowest BCUT2D eigenvalue weighted by atomic mass is 9.93. The van der Waals surface area contributed by atoms with E-state index in [1.54, 1.807) is 56.6 Å². The van der Waals surface area contributed by atoms with E-state index in [0.717, 1.165) is 11.1 Å². The summed E-state index contributed by atoms with van der Waals surface area (Å²) < 4.78 is 22.2. The number of halogens is 1. The van der Waals surface area contributed by atoms with Gasteiger partial charge in [-0.2, -0.15) is 5.10 Å². The smallest absolute Gasteiger partial charge is 0.413 e. The van der Waals surface area contributed by atoms with Crippen molar-refractivity contribution in [2.24, 2.45) is 7.05 Å². The lowest BCUT2D eigenvalue weighted by Gasteiger charge is -2.15. The third kappa shape index (κ3) is 4.70. The number of carbonyl (C=O) groups excluding carboxylic acids is 1. The summed E-state index contributed by atoms with van der Waals surface area (Å²) in [5, 5.41) is 16.4. The van der Waals surface area contributed by atoms with Gasteiger partial charge in [-0.1, -0.05) is 66.7 Å². The summed E-state index contributed by atoms with van der Waals surface area (Å²) in [5.41, 5.74) is 2.93. The zero-order valence-corrected chi connectivity index (χ0v) is 20.4. The Morgan fingerprint density at radius 1 is 1.03 bits per heavy atom. The van der Waals surface area contributed by atoms with Crippen LogP contribution < -0.4 is 5.32 Å².